The summed E-state index contributed by atoms with van der Waals surface area (Å²) in [6, 6.07) is 7.75. The number of rotatable bonds is 2. The predicted octanol–water partition coefficient (Wildman–Crippen LogP) is 2.83. The maximum Gasteiger partial charge on any atom is 0.234 e. The molecule has 1 aromatic carbocycles. The Morgan fingerprint density at radius 2 is 1.08 bits per heavy atom. The van der Waals surface area contributed by atoms with Crippen LogP contribution in [0.15, 0.2) is 24.3 Å². The Morgan fingerprint density at radius 3 is 1.35 bits per heavy atom. The van der Waals surface area contributed by atoms with Gasteiger partial charge in [0.05, 0.1) is 0 Å². The van der Waals surface area contributed by atoms with Crippen LogP contribution in [-0.4, -0.2) is 51.5 Å². The molecule has 138 valence electrons. The van der Waals surface area contributed by atoms with Crippen LogP contribution in [0.2, 0.25) is 26.2 Å². The number of hydrogen-bond acceptors (Lipinski definition) is 2. The van der Waals surface area contributed by atoms with Crippen molar-refractivity contribution in [3.8, 4) is 22.9 Å². The number of hydrogen-bond donors (Lipinski definition) is 0. The summed E-state index contributed by atoms with van der Waals surface area (Å²) in [5.41, 5.74) is 8.32. The van der Waals surface area contributed by atoms with Gasteiger partial charge in [-0.3, -0.25) is 9.59 Å². The Hall–Kier alpha value is -2.29. The van der Waals surface area contributed by atoms with Gasteiger partial charge < -0.3 is 9.13 Å². The minimum atomic E-state index is -2.14. The summed E-state index contributed by atoms with van der Waals surface area (Å²) in [7, 11) is -0.663. The van der Waals surface area contributed by atoms with E-state index >= 15 is 0 Å². The Bertz CT molecular complexity index is 754. The molecule has 0 saturated heterocycles. The van der Waals surface area contributed by atoms with E-state index in [1.807, 2.05) is 50.5 Å². The van der Waals surface area contributed by atoms with E-state index in [1.54, 1.807) is 37.1 Å². The molecule has 0 fully saturated rings. The summed E-state index contributed by atoms with van der Waals surface area (Å²) in [4.78, 5) is 23.3. The van der Waals surface area contributed by atoms with Gasteiger partial charge in [-0.05, 0) is 38.3 Å². The molecule has 0 heterocycles. The second kappa shape index (κ2) is 8.40. The van der Waals surface area contributed by atoms with Gasteiger partial charge in [0.15, 0.2) is 0 Å². The molecule has 6 heteroatoms. The number of carbonyl (C=O) groups excluding carboxylic acids is 2. The molecule has 0 aliphatic rings. The average molecular weight is 385 g/mol. The SMILES string of the molecule is CC(=O)N(C)[Si](C)(C)C#Cc1ccccc1C#C[Si](C)(C)N(C)C(C)=O. The molecule has 0 aromatic heterocycles. The van der Waals surface area contributed by atoms with Crippen LogP contribution in [0.25, 0.3) is 0 Å². The molecule has 1 rings (SSSR count). The highest BCUT2D eigenvalue weighted by molar-refractivity contribution is 6.84. The van der Waals surface area contributed by atoms with Crippen LogP contribution in [-0.2, 0) is 9.59 Å². The molecule has 2 amide bonds. The summed E-state index contributed by atoms with van der Waals surface area (Å²) in [6.07, 6.45) is 0. The second-order valence-corrected chi connectivity index (χ2v) is 15.4. The zero-order valence-corrected chi connectivity index (χ0v) is 19.0. The summed E-state index contributed by atoms with van der Waals surface area (Å²) < 4.78 is 3.51. The maximum atomic E-state index is 11.6. The molecule has 0 N–H and O–H groups in total. The minimum Gasteiger partial charge on any atom is -0.361 e. The molecule has 0 bridgehead atoms. The third-order valence-corrected chi connectivity index (χ3v) is 10.0. The second-order valence-electron chi connectivity index (χ2n) is 7.32. The van der Waals surface area contributed by atoms with Crippen molar-refractivity contribution in [2.75, 3.05) is 14.1 Å². The third kappa shape index (κ3) is 5.62. The van der Waals surface area contributed by atoms with Crippen molar-refractivity contribution < 1.29 is 9.59 Å². The van der Waals surface area contributed by atoms with Gasteiger partial charge in [0, 0.05) is 39.1 Å². The quantitative estimate of drug-likeness (QED) is 0.581. The van der Waals surface area contributed by atoms with Crippen molar-refractivity contribution >= 4 is 28.3 Å². The van der Waals surface area contributed by atoms with E-state index in [0.717, 1.165) is 11.1 Å². The van der Waals surface area contributed by atoms with Gasteiger partial charge in [0.25, 0.3) is 0 Å². The molecule has 26 heavy (non-hydrogen) atoms. The van der Waals surface area contributed by atoms with Crippen LogP contribution in [0.3, 0.4) is 0 Å². The Kier molecular flexibility index (Phi) is 7.03. The van der Waals surface area contributed by atoms with Gasteiger partial charge in [-0.25, -0.2) is 0 Å². The minimum absolute atomic E-state index is 0.0315. The molecule has 0 aliphatic carbocycles. The lowest BCUT2D eigenvalue weighted by Gasteiger charge is -2.27. The molecule has 0 aliphatic heterocycles. The first-order chi connectivity index (χ1) is 11.9. The highest BCUT2D eigenvalue weighted by Gasteiger charge is 2.27. The first-order valence-electron chi connectivity index (χ1n) is 8.52. The van der Waals surface area contributed by atoms with Crippen LogP contribution in [0.5, 0.6) is 0 Å². The lowest BCUT2D eigenvalue weighted by atomic mass is 10.1. The van der Waals surface area contributed by atoms with E-state index < -0.39 is 16.5 Å². The fraction of sp³-hybridized carbons (Fsp3) is 0.400. The summed E-state index contributed by atoms with van der Waals surface area (Å²) >= 11 is 0. The zero-order chi connectivity index (χ0) is 20.1. The van der Waals surface area contributed by atoms with Crippen molar-refractivity contribution in [3.63, 3.8) is 0 Å². The van der Waals surface area contributed by atoms with E-state index in [2.05, 4.69) is 22.9 Å². The Balaban J connectivity index is 3.24. The van der Waals surface area contributed by atoms with Gasteiger partial charge in [0.1, 0.15) is 0 Å². The molecule has 0 atom stereocenters. The highest BCUT2D eigenvalue weighted by Crippen LogP contribution is 2.11. The number of nitrogens with zero attached hydrogens (tertiary/aromatic N) is 2. The lowest BCUT2D eigenvalue weighted by Crippen LogP contribution is -2.47. The monoisotopic (exact) mass is 384 g/mol. The van der Waals surface area contributed by atoms with Crippen LogP contribution in [0.4, 0.5) is 0 Å². The first-order valence-corrected chi connectivity index (χ1v) is 14.4. The predicted molar refractivity (Wildman–Crippen MR) is 112 cm³/mol. The van der Waals surface area contributed by atoms with Gasteiger partial charge in [-0.15, -0.1) is 11.1 Å². The molecule has 0 unspecified atom stereocenters. The van der Waals surface area contributed by atoms with Crippen molar-refractivity contribution in [1.82, 2.24) is 9.13 Å². The van der Waals surface area contributed by atoms with Crippen molar-refractivity contribution in [2.45, 2.75) is 40.0 Å². The standard InChI is InChI=1S/C20H28N2O2Si2/c1-17(23)21(3)25(5,6)15-13-19-11-9-10-12-20(19)14-16-26(7,8)22(4)18(2)24/h9-12H,1-8H3. The normalized spacial score (nSPS) is 10.8. The number of carbonyl (C=O) groups is 2. The average Bonchev–Trinajstić information content (AvgIpc) is 2.57. The van der Waals surface area contributed by atoms with E-state index in [4.69, 9.17) is 0 Å². The van der Waals surface area contributed by atoms with Gasteiger partial charge in [-0.1, -0.05) is 24.0 Å². The van der Waals surface area contributed by atoms with Crippen molar-refractivity contribution in [2.24, 2.45) is 0 Å². The fourth-order valence-corrected chi connectivity index (χ4v) is 4.89. The van der Waals surface area contributed by atoms with Gasteiger partial charge in [0.2, 0.25) is 28.3 Å². The van der Waals surface area contributed by atoms with E-state index in [-0.39, 0.29) is 11.8 Å². The summed E-state index contributed by atoms with van der Waals surface area (Å²) in [5.74, 6) is 6.52. The van der Waals surface area contributed by atoms with Gasteiger partial charge >= 0.3 is 0 Å². The van der Waals surface area contributed by atoms with E-state index in [9.17, 15) is 9.59 Å². The molecule has 4 nitrogen and oxygen atoms in total. The smallest absolute Gasteiger partial charge is 0.234 e. The Morgan fingerprint density at radius 1 is 0.769 bits per heavy atom. The van der Waals surface area contributed by atoms with Gasteiger partial charge in [-0.2, -0.15) is 0 Å². The van der Waals surface area contributed by atoms with Crippen LogP contribution in [0, 0.1) is 22.9 Å². The molecule has 1 aromatic rings. The maximum absolute atomic E-state index is 11.6. The van der Waals surface area contributed by atoms with Crippen LogP contribution < -0.4 is 0 Å². The number of benzene rings is 1. The topological polar surface area (TPSA) is 40.6 Å². The van der Waals surface area contributed by atoms with Crippen molar-refractivity contribution in [3.05, 3.63) is 35.4 Å². The summed E-state index contributed by atoms with van der Waals surface area (Å²) in [6.45, 7) is 11.3. The zero-order valence-electron chi connectivity index (χ0n) is 17.0. The Labute approximate surface area is 159 Å². The van der Waals surface area contributed by atoms with Crippen LogP contribution in [0.1, 0.15) is 25.0 Å². The molecular formula is C20H28N2O2Si2. The highest BCUT2D eigenvalue weighted by atomic mass is 28.3. The third-order valence-electron chi connectivity index (χ3n) is 4.55. The van der Waals surface area contributed by atoms with E-state index in [0.29, 0.717) is 0 Å². The molecule has 0 spiro atoms. The molecular weight excluding hydrogens is 356 g/mol. The summed E-state index contributed by atoms with van der Waals surface area (Å²) in [5, 5.41) is 0. The largest absolute Gasteiger partial charge is 0.361 e. The fourth-order valence-electron chi connectivity index (χ4n) is 2.10. The first kappa shape index (κ1) is 21.8. The van der Waals surface area contributed by atoms with Crippen molar-refractivity contribution in [1.29, 1.82) is 0 Å². The lowest BCUT2D eigenvalue weighted by molar-refractivity contribution is -0.124. The molecule has 0 radical (unpaired) electrons. The number of amides is 2. The van der Waals surface area contributed by atoms with Crippen LogP contribution >= 0.6 is 0 Å². The molecule has 0 saturated carbocycles. The van der Waals surface area contributed by atoms with E-state index in [1.165, 1.54) is 0 Å².